The number of fused-ring (bicyclic) bond motifs is 1. The smallest absolute Gasteiger partial charge is 0.184 e. The standard InChI is InChI=1S/C26H24F3NO3/c1-2-9-31-20-14-32-26(33-15-20)19-7-8-21-18(12-19)6-5-17(25(21)29)4-3-16-10-23(27)22(13-30)24(28)11-16/h5-8,10-12,20,26H,2-4,9,14-15H2,1H3. The number of halogens is 3. The average Bonchev–Trinajstić information content (AvgIpc) is 2.82. The Balaban J connectivity index is 1.46. The van der Waals surface area contributed by atoms with Gasteiger partial charge < -0.3 is 14.2 Å². The maximum absolute atomic E-state index is 15.1. The lowest BCUT2D eigenvalue weighted by molar-refractivity contribution is -0.230. The van der Waals surface area contributed by atoms with E-state index in [4.69, 9.17) is 19.5 Å². The van der Waals surface area contributed by atoms with E-state index in [1.807, 2.05) is 19.1 Å². The maximum atomic E-state index is 15.1. The fraction of sp³-hybridized carbons (Fsp3) is 0.346. The first-order chi connectivity index (χ1) is 16.0. The van der Waals surface area contributed by atoms with Crippen molar-refractivity contribution in [2.45, 2.75) is 38.6 Å². The Labute approximate surface area is 190 Å². The van der Waals surface area contributed by atoms with Crippen molar-refractivity contribution in [1.82, 2.24) is 0 Å². The second-order valence-corrected chi connectivity index (χ2v) is 8.06. The van der Waals surface area contributed by atoms with Crippen LogP contribution in [0.3, 0.4) is 0 Å². The molecule has 1 aliphatic rings. The summed E-state index contributed by atoms with van der Waals surface area (Å²) in [7, 11) is 0. The highest BCUT2D eigenvalue weighted by Crippen LogP contribution is 2.29. The number of aryl methyl sites for hydroxylation is 2. The summed E-state index contributed by atoms with van der Waals surface area (Å²) in [5, 5.41) is 9.94. The van der Waals surface area contributed by atoms with Crippen LogP contribution in [0.1, 0.15) is 41.9 Å². The minimum Gasteiger partial charge on any atom is -0.373 e. The van der Waals surface area contributed by atoms with Gasteiger partial charge in [0.15, 0.2) is 6.29 Å². The predicted octanol–water partition coefficient (Wildman–Crippen LogP) is 5.75. The van der Waals surface area contributed by atoms with Crippen molar-refractivity contribution >= 4 is 10.8 Å². The van der Waals surface area contributed by atoms with Crippen molar-refractivity contribution in [3.05, 3.63) is 82.2 Å². The Morgan fingerprint density at radius 3 is 2.39 bits per heavy atom. The first kappa shape index (κ1) is 23.2. The predicted molar refractivity (Wildman–Crippen MR) is 117 cm³/mol. The molecule has 0 bridgehead atoms. The molecule has 0 N–H and O–H groups in total. The Kier molecular flexibility index (Phi) is 7.29. The normalized spacial score (nSPS) is 18.4. The van der Waals surface area contributed by atoms with Crippen molar-refractivity contribution in [1.29, 1.82) is 5.26 Å². The Bertz CT molecular complexity index is 1160. The summed E-state index contributed by atoms with van der Waals surface area (Å²) < 4.78 is 60.0. The fourth-order valence-electron chi connectivity index (χ4n) is 3.91. The monoisotopic (exact) mass is 455 g/mol. The number of hydrogen-bond acceptors (Lipinski definition) is 4. The summed E-state index contributed by atoms with van der Waals surface area (Å²) in [5.74, 6) is -2.18. The summed E-state index contributed by atoms with van der Waals surface area (Å²) in [4.78, 5) is 0. The van der Waals surface area contributed by atoms with Gasteiger partial charge >= 0.3 is 0 Å². The molecule has 7 heteroatoms. The van der Waals surface area contributed by atoms with E-state index >= 15 is 4.39 Å². The zero-order valence-corrected chi connectivity index (χ0v) is 18.2. The third-order valence-corrected chi connectivity index (χ3v) is 5.65. The van der Waals surface area contributed by atoms with Crippen LogP contribution in [-0.2, 0) is 27.1 Å². The first-order valence-electron chi connectivity index (χ1n) is 10.9. The van der Waals surface area contributed by atoms with Crippen LogP contribution >= 0.6 is 0 Å². The molecule has 3 aromatic carbocycles. The van der Waals surface area contributed by atoms with Gasteiger partial charge in [0.25, 0.3) is 0 Å². The zero-order valence-electron chi connectivity index (χ0n) is 18.2. The molecule has 33 heavy (non-hydrogen) atoms. The Hall–Kier alpha value is -2.92. The molecular formula is C26H24F3NO3. The highest BCUT2D eigenvalue weighted by molar-refractivity contribution is 5.84. The summed E-state index contributed by atoms with van der Waals surface area (Å²) >= 11 is 0. The molecule has 0 unspecified atom stereocenters. The van der Waals surface area contributed by atoms with Crippen LogP contribution in [0.5, 0.6) is 0 Å². The number of hydrogen-bond donors (Lipinski definition) is 0. The van der Waals surface area contributed by atoms with E-state index in [0.29, 0.717) is 41.7 Å². The zero-order chi connectivity index (χ0) is 23.4. The van der Waals surface area contributed by atoms with Gasteiger partial charge in [0.2, 0.25) is 0 Å². The van der Waals surface area contributed by atoms with E-state index in [9.17, 15) is 8.78 Å². The van der Waals surface area contributed by atoms with Gasteiger partial charge in [-0.3, -0.25) is 0 Å². The second kappa shape index (κ2) is 10.3. The summed E-state index contributed by atoms with van der Waals surface area (Å²) in [6.45, 7) is 3.58. The van der Waals surface area contributed by atoms with Crippen molar-refractivity contribution < 1.29 is 27.4 Å². The van der Waals surface area contributed by atoms with E-state index in [2.05, 4.69) is 0 Å². The van der Waals surface area contributed by atoms with Crippen molar-refractivity contribution in [3.8, 4) is 6.07 Å². The molecule has 0 amide bonds. The average molecular weight is 455 g/mol. The van der Waals surface area contributed by atoms with Gasteiger partial charge in [-0.25, -0.2) is 13.2 Å². The lowest BCUT2D eigenvalue weighted by Gasteiger charge is -2.29. The quantitative estimate of drug-likeness (QED) is 0.455. The van der Waals surface area contributed by atoms with Crippen LogP contribution < -0.4 is 0 Å². The molecular weight excluding hydrogens is 431 g/mol. The molecule has 1 saturated heterocycles. The van der Waals surface area contributed by atoms with Gasteiger partial charge in [0.1, 0.15) is 35.2 Å². The molecule has 4 rings (SSSR count). The van der Waals surface area contributed by atoms with Crippen LogP contribution in [0.25, 0.3) is 10.8 Å². The van der Waals surface area contributed by atoms with E-state index in [1.165, 1.54) is 6.07 Å². The highest BCUT2D eigenvalue weighted by Gasteiger charge is 2.24. The van der Waals surface area contributed by atoms with Gasteiger partial charge in [0, 0.05) is 17.6 Å². The van der Waals surface area contributed by atoms with Gasteiger partial charge in [-0.1, -0.05) is 31.2 Å². The largest absolute Gasteiger partial charge is 0.373 e. The summed E-state index contributed by atoms with van der Waals surface area (Å²) in [6, 6.07) is 12.5. The molecule has 1 heterocycles. The van der Waals surface area contributed by atoms with E-state index in [0.717, 1.165) is 24.1 Å². The SMILES string of the molecule is CCCOC1COC(c2ccc3c(F)c(CCc4cc(F)c(C#N)c(F)c4)ccc3c2)OC1. The molecule has 1 aliphatic heterocycles. The maximum Gasteiger partial charge on any atom is 0.184 e. The van der Waals surface area contributed by atoms with Crippen LogP contribution in [0.15, 0.2) is 42.5 Å². The van der Waals surface area contributed by atoms with E-state index in [-0.39, 0.29) is 24.8 Å². The van der Waals surface area contributed by atoms with Crippen LogP contribution in [0, 0.1) is 28.8 Å². The lowest BCUT2D eigenvalue weighted by Crippen LogP contribution is -2.33. The number of ether oxygens (including phenoxy) is 3. The molecule has 0 atom stereocenters. The molecule has 3 aromatic rings. The molecule has 172 valence electrons. The number of benzene rings is 3. The molecule has 0 aliphatic carbocycles. The molecule has 0 saturated carbocycles. The van der Waals surface area contributed by atoms with Gasteiger partial charge in [-0.15, -0.1) is 0 Å². The molecule has 0 spiro atoms. The summed E-state index contributed by atoms with van der Waals surface area (Å²) in [5.41, 5.74) is 1.00. The molecule has 0 radical (unpaired) electrons. The Morgan fingerprint density at radius 2 is 1.73 bits per heavy atom. The van der Waals surface area contributed by atoms with E-state index in [1.54, 1.807) is 18.2 Å². The van der Waals surface area contributed by atoms with Crippen LogP contribution in [0.2, 0.25) is 0 Å². The minimum absolute atomic E-state index is 0.0836. The first-order valence-corrected chi connectivity index (χ1v) is 10.9. The number of rotatable bonds is 7. The van der Waals surface area contributed by atoms with Gasteiger partial charge in [-0.05, 0) is 54.0 Å². The van der Waals surface area contributed by atoms with Crippen molar-refractivity contribution in [2.24, 2.45) is 0 Å². The highest BCUT2D eigenvalue weighted by atomic mass is 19.1. The van der Waals surface area contributed by atoms with Crippen LogP contribution in [0.4, 0.5) is 13.2 Å². The molecule has 1 fully saturated rings. The molecule has 4 nitrogen and oxygen atoms in total. The van der Waals surface area contributed by atoms with Gasteiger partial charge in [0.05, 0.1) is 13.2 Å². The summed E-state index contributed by atoms with van der Waals surface area (Å²) in [6.07, 6.45) is 0.826. The number of nitriles is 1. The molecule has 0 aromatic heterocycles. The minimum atomic E-state index is -0.908. The van der Waals surface area contributed by atoms with Gasteiger partial charge in [-0.2, -0.15) is 5.26 Å². The fourth-order valence-corrected chi connectivity index (χ4v) is 3.91. The van der Waals surface area contributed by atoms with E-state index < -0.39 is 23.5 Å². The second-order valence-electron chi connectivity index (χ2n) is 8.06. The Morgan fingerprint density at radius 1 is 1.00 bits per heavy atom. The van der Waals surface area contributed by atoms with Crippen molar-refractivity contribution in [3.63, 3.8) is 0 Å². The van der Waals surface area contributed by atoms with Crippen molar-refractivity contribution in [2.75, 3.05) is 19.8 Å². The topological polar surface area (TPSA) is 51.5 Å². The lowest BCUT2D eigenvalue weighted by atomic mass is 9.98. The third-order valence-electron chi connectivity index (χ3n) is 5.65. The number of nitrogens with zero attached hydrogens (tertiary/aromatic N) is 1. The van der Waals surface area contributed by atoms with Crippen LogP contribution in [-0.4, -0.2) is 25.9 Å². The third kappa shape index (κ3) is 5.19.